The van der Waals surface area contributed by atoms with Gasteiger partial charge in [-0.25, -0.2) is 9.78 Å². The Morgan fingerprint density at radius 3 is 2.52 bits per heavy atom. The van der Waals surface area contributed by atoms with Gasteiger partial charge >= 0.3 is 5.69 Å². The number of imidazole rings is 1. The molecule has 0 spiro atoms. The molecule has 0 unspecified atom stereocenters. The van der Waals surface area contributed by atoms with Gasteiger partial charge in [0, 0.05) is 18.3 Å². The van der Waals surface area contributed by atoms with Crippen LogP contribution in [0, 0.1) is 0 Å². The highest BCUT2D eigenvalue weighted by molar-refractivity contribution is 6.05. The Kier molecular flexibility index (Phi) is 4.87. The summed E-state index contributed by atoms with van der Waals surface area (Å²) >= 11 is 0. The summed E-state index contributed by atoms with van der Waals surface area (Å²) in [6.07, 6.45) is 1.68. The SMILES string of the molecule is CCn1c(=O)n(Cc2ccc(C(=O)Nc3ccccc3N)cc2)c2ncccc21. The second-order valence-electron chi connectivity index (χ2n) is 6.70. The van der Waals surface area contributed by atoms with Gasteiger partial charge in [0.25, 0.3) is 5.91 Å². The lowest BCUT2D eigenvalue weighted by Crippen LogP contribution is -2.24. The molecule has 0 aliphatic rings. The summed E-state index contributed by atoms with van der Waals surface area (Å²) in [5.41, 5.74) is 9.75. The van der Waals surface area contributed by atoms with Crippen LogP contribution < -0.4 is 16.7 Å². The first-order valence-electron chi connectivity index (χ1n) is 9.37. The van der Waals surface area contributed by atoms with E-state index in [9.17, 15) is 9.59 Å². The summed E-state index contributed by atoms with van der Waals surface area (Å²) in [4.78, 5) is 29.6. The molecule has 1 amide bonds. The number of fused-ring (bicyclic) bond motifs is 1. The van der Waals surface area contributed by atoms with E-state index >= 15 is 0 Å². The molecule has 0 aliphatic carbocycles. The minimum Gasteiger partial charge on any atom is -0.397 e. The van der Waals surface area contributed by atoms with E-state index in [1.807, 2.05) is 43.3 Å². The molecule has 2 aromatic carbocycles. The molecule has 0 bridgehead atoms. The number of carbonyl (C=O) groups is 1. The number of nitrogens with one attached hydrogen (secondary N) is 1. The fourth-order valence-electron chi connectivity index (χ4n) is 3.34. The van der Waals surface area contributed by atoms with Gasteiger partial charge in [-0.05, 0) is 48.9 Å². The first-order valence-corrected chi connectivity index (χ1v) is 9.37. The van der Waals surface area contributed by atoms with E-state index in [0.717, 1.165) is 11.1 Å². The van der Waals surface area contributed by atoms with Crippen LogP contribution in [0.2, 0.25) is 0 Å². The third-order valence-corrected chi connectivity index (χ3v) is 4.86. The fraction of sp³-hybridized carbons (Fsp3) is 0.136. The predicted octanol–water partition coefficient (Wildman–Crippen LogP) is 3.10. The highest BCUT2D eigenvalue weighted by Gasteiger charge is 2.14. The molecule has 4 aromatic rings. The zero-order chi connectivity index (χ0) is 20.4. The summed E-state index contributed by atoms with van der Waals surface area (Å²) in [5.74, 6) is -0.240. The Bertz CT molecular complexity index is 1240. The molecule has 4 rings (SSSR count). The number of nitrogens with zero attached hydrogens (tertiary/aromatic N) is 3. The highest BCUT2D eigenvalue weighted by atomic mass is 16.2. The number of nitrogens with two attached hydrogens (primary N) is 1. The van der Waals surface area contributed by atoms with Gasteiger partial charge in [0.15, 0.2) is 5.65 Å². The fourth-order valence-corrected chi connectivity index (χ4v) is 3.34. The zero-order valence-corrected chi connectivity index (χ0v) is 16.0. The first-order chi connectivity index (χ1) is 14.1. The van der Waals surface area contributed by atoms with Crippen LogP contribution >= 0.6 is 0 Å². The number of pyridine rings is 1. The third-order valence-electron chi connectivity index (χ3n) is 4.86. The number of aromatic nitrogens is 3. The molecule has 146 valence electrons. The van der Waals surface area contributed by atoms with E-state index in [4.69, 9.17) is 5.73 Å². The van der Waals surface area contributed by atoms with Gasteiger partial charge in [0.2, 0.25) is 0 Å². The Hall–Kier alpha value is -3.87. The monoisotopic (exact) mass is 387 g/mol. The maximum absolute atomic E-state index is 12.7. The van der Waals surface area contributed by atoms with Gasteiger partial charge < -0.3 is 11.1 Å². The molecule has 0 aliphatic heterocycles. The van der Waals surface area contributed by atoms with E-state index in [1.54, 1.807) is 39.6 Å². The normalized spacial score (nSPS) is 10.9. The minimum absolute atomic E-state index is 0.0948. The second-order valence-corrected chi connectivity index (χ2v) is 6.70. The van der Waals surface area contributed by atoms with Crippen LogP contribution in [-0.4, -0.2) is 20.0 Å². The number of nitrogen functional groups attached to an aromatic ring is 1. The van der Waals surface area contributed by atoms with Crippen LogP contribution in [0.4, 0.5) is 11.4 Å². The van der Waals surface area contributed by atoms with Gasteiger partial charge in [-0.1, -0.05) is 24.3 Å². The second kappa shape index (κ2) is 7.63. The molecule has 2 aromatic heterocycles. The van der Waals surface area contributed by atoms with E-state index < -0.39 is 0 Å². The van der Waals surface area contributed by atoms with Gasteiger partial charge in [-0.3, -0.25) is 13.9 Å². The Balaban J connectivity index is 1.57. The van der Waals surface area contributed by atoms with Crippen molar-refractivity contribution in [2.75, 3.05) is 11.1 Å². The van der Waals surface area contributed by atoms with Crippen molar-refractivity contribution in [2.24, 2.45) is 0 Å². The van der Waals surface area contributed by atoms with Crippen molar-refractivity contribution in [1.29, 1.82) is 0 Å². The van der Waals surface area contributed by atoms with Crippen molar-refractivity contribution in [3.63, 3.8) is 0 Å². The van der Waals surface area contributed by atoms with E-state index in [2.05, 4.69) is 10.3 Å². The standard InChI is InChI=1S/C22H21N5O2/c1-2-26-19-8-5-13-24-20(19)27(22(26)29)14-15-9-11-16(12-10-15)21(28)25-18-7-4-3-6-17(18)23/h3-13H,2,14,23H2,1H3,(H,25,28). The Morgan fingerprint density at radius 1 is 1.03 bits per heavy atom. The predicted molar refractivity (Wildman–Crippen MR) is 114 cm³/mol. The molecule has 0 radical (unpaired) electrons. The van der Waals surface area contributed by atoms with Crippen LogP contribution in [0.3, 0.4) is 0 Å². The number of rotatable bonds is 5. The van der Waals surface area contributed by atoms with Crippen molar-refractivity contribution < 1.29 is 4.79 Å². The van der Waals surface area contributed by atoms with Crippen LogP contribution in [-0.2, 0) is 13.1 Å². The largest absolute Gasteiger partial charge is 0.397 e. The van der Waals surface area contributed by atoms with Crippen LogP contribution in [0.1, 0.15) is 22.8 Å². The average Bonchev–Trinajstić information content (AvgIpc) is 3.01. The summed E-state index contributed by atoms with van der Waals surface area (Å²) in [6.45, 7) is 2.90. The molecule has 0 fully saturated rings. The molecule has 0 saturated carbocycles. The lowest BCUT2D eigenvalue weighted by molar-refractivity contribution is 0.102. The van der Waals surface area contributed by atoms with Crippen molar-refractivity contribution in [2.45, 2.75) is 20.0 Å². The molecule has 7 heteroatoms. The van der Waals surface area contributed by atoms with E-state index in [-0.39, 0.29) is 11.6 Å². The quantitative estimate of drug-likeness (QED) is 0.515. The topological polar surface area (TPSA) is 94.9 Å². The molecule has 0 atom stereocenters. The number of hydrogen-bond donors (Lipinski definition) is 2. The van der Waals surface area contributed by atoms with Crippen molar-refractivity contribution >= 4 is 28.4 Å². The maximum atomic E-state index is 12.7. The maximum Gasteiger partial charge on any atom is 0.330 e. The zero-order valence-electron chi connectivity index (χ0n) is 16.0. The van der Waals surface area contributed by atoms with Gasteiger partial charge in [0.1, 0.15) is 0 Å². The molecule has 3 N–H and O–H groups in total. The number of carbonyl (C=O) groups excluding carboxylic acids is 1. The molecule has 0 saturated heterocycles. The summed E-state index contributed by atoms with van der Waals surface area (Å²) in [7, 11) is 0. The molecular weight excluding hydrogens is 366 g/mol. The summed E-state index contributed by atoms with van der Waals surface area (Å²) < 4.78 is 3.35. The summed E-state index contributed by atoms with van der Waals surface area (Å²) in [5, 5.41) is 2.81. The van der Waals surface area contributed by atoms with Crippen LogP contribution in [0.15, 0.2) is 71.7 Å². The smallest absolute Gasteiger partial charge is 0.330 e. The number of aryl methyl sites for hydroxylation is 1. The van der Waals surface area contributed by atoms with E-state index in [0.29, 0.717) is 35.7 Å². The van der Waals surface area contributed by atoms with Crippen molar-refractivity contribution in [3.05, 3.63) is 88.5 Å². The minimum atomic E-state index is -0.240. The third kappa shape index (κ3) is 3.50. The summed E-state index contributed by atoms with van der Waals surface area (Å²) in [6, 6.07) is 18.0. The highest BCUT2D eigenvalue weighted by Crippen LogP contribution is 2.18. The molecule has 7 nitrogen and oxygen atoms in total. The molecular formula is C22H21N5O2. The Morgan fingerprint density at radius 2 is 1.79 bits per heavy atom. The van der Waals surface area contributed by atoms with E-state index in [1.165, 1.54) is 0 Å². The average molecular weight is 387 g/mol. The lowest BCUT2D eigenvalue weighted by Gasteiger charge is -2.09. The number of hydrogen-bond acceptors (Lipinski definition) is 4. The van der Waals surface area contributed by atoms with Crippen molar-refractivity contribution in [3.8, 4) is 0 Å². The molecule has 29 heavy (non-hydrogen) atoms. The number of para-hydroxylation sites is 2. The van der Waals surface area contributed by atoms with Crippen LogP contribution in [0.25, 0.3) is 11.2 Å². The number of anilines is 2. The van der Waals surface area contributed by atoms with Crippen molar-refractivity contribution in [1.82, 2.24) is 14.1 Å². The van der Waals surface area contributed by atoms with Crippen LogP contribution in [0.5, 0.6) is 0 Å². The van der Waals surface area contributed by atoms with Gasteiger partial charge in [0.05, 0.1) is 23.4 Å². The van der Waals surface area contributed by atoms with Gasteiger partial charge in [-0.15, -0.1) is 0 Å². The number of benzene rings is 2. The first kappa shape index (κ1) is 18.5. The number of amides is 1. The molecule has 2 heterocycles. The van der Waals surface area contributed by atoms with Gasteiger partial charge in [-0.2, -0.15) is 0 Å². The Labute approximate surface area is 167 Å². The lowest BCUT2D eigenvalue weighted by atomic mass is 10.1.